The first-order valence-corrected chi connectivity index (χ1v) is 6.26. The Morgan fingerprint density at radius 1 is 1.20 bits per heavy atom. The predicted molar refractivity (Wildman–Crippen MR) is 65.3 cm³/mol. The lowest BCUT2D eigenvalue weighted by Crippen LogP contribution is -2.37. The zero-order valence-corrected chi connectivity index (χ0v) is 10.3. The maximum absolute atomic E-state index is 11.9. The van der Waals surface area contributed by atoms with Crippen molar-refractivity contribution in [1.29, 1.82) is 0 Å². The molecule has 2 heteroatoms. The van der Waals surface area contributed by atoms with Crippen molar-refractivity contribution in [1.82, 2.24) is 0 Å². The number of Topliss-reactive ketones (excluding diaryl/α,β-unsaturated/α-hetero) is 1. The van der Waals surface area contributed by atoms with Gasteiger partial charge in [0.1, 0.15) is 5.78 Å². The van der Waals surface area contributed by atoms with E-state index >= 15 is 0 Å². The molecule has 1 aliphatic carbocycles. The van der Waals surface area contributed by atoms with E-state index in [0.717, 1.165) is 32.1 Å². The van der Waals surface area contributed by atoms with Crippen LogP contribution in [0.1, 0.15) is 31.2 Å². The minimum atomic E-state index is -0.285. The topological polar surface area (TPSA) is 17.1 Å². The molecule has 1 fully saturated rings. The van der Waals surface area contributed by atoms with Gasteiger partial charge in [0.2, 0.25) is 0 Å². The van der Waals surface area contributed by atoms with E-state index in [2.05, 4.69) is 28.1 Å². The van der Waals surface area contributed by atoms with Crippen LogP contribution in [-0.4, -0.2) is 10.1 Å². The standard InChI is InChI=1S/C13H15BrO/c14-13(9-5-4-8-12(13)15)10-11-6-2-1-3-7-11/h1-3,6-7H,4-5,8-10H2. The Kier molecular flexibility index (Phi) is 3.25. The summed E-state index contributed by atoms with van der Waals surface area (Å²) in [5, 5.41) is 0. The van der Waals surface area contributed by atoms with Crippen LogP contribution in [0, 0.1) is 0 Å². The molecule has 1 unspecified atom stereocenters. The molecule has 0 aromatic heterocycles. The van der Waals surface area contributed by atoms with Crippen LogP contribution in [0.15, 0.2) is 30.3 Å². The molecule has 2 rings (SSSR count). The fourth-order valence-corrected chi connectivity index (χ4v) is 2.96. The van der Waals surface area contributed by atoms with Crippen LogP contribution >= 0.6 is 15.9 Å². The van der Waals surface area contributed by atoms with Crippen molar-refractivity contribution in [3.05, 3.63) is 35.9 Å². The molecule has 0 heterocycles. The van der Waals surface area contributed by atoms with Crippen LogP contribution in [0.2, 0.25) is 0 Å². The molecular formula is C13H15BrO. The summed E-state index contributed by atoms with van der Waals surface area (Å²) in [6, 6.07) is 10.2. The second-order valence-corrected chi connectivity index (χ2v) is 5.78. The molecule has 0 N–H and O–H groups in total. The third-order valence-electron chi connectivity index (χ3n) is 3.05. The van der Waals surface area contributed by atoms with Crippen LogP contribution in [0.5, 0.6) is 0 Å². The molecule has 1 nitrogen and oxygen atoms in total. The van der Waals surface area contributed by atoms with Gasteiger partial charge in [0.05, 0.1) is 4.32 Å². The van der Waals surface area contributed by atoms with E-state index in [1.807, 2.05) is 18.2 Å². The lowest BCUT2D eigenvalue weighted by atomic mass is 9.83. The van der Waals surface area contributed by atoms with Crippen LogP contribution in [0.25, 0.3) is 0 Å². The molecule has 0 aliphatic heterocycles. The normalized spacial score (nSPS) is 26.6. The van der Waals surface area contributed by atoms with Gasteiger partial charge in [0.25, 0.3) is 0 Å². The summed E-state index contributed by atoms with van der Waals surface area (Å²) in [4.78, 5) is 11.9. The highest BCUT2D eigenvalue weighted by atomic mass is 79.9. The molecule has 1 aliphatic rings. The zero-order chi connectivity index (χ0) is 10.7. The van der Waals surface area contributed by atoms with Crippen molar-refractivity contribution in [2.75, 3.05) is 0 Å². The summed E-state index contributed by atoms with van der Waals surface area (Å²) in [6.45, 7) is 0. The minimum absolute atomic E-state index is 0.285. The number of carbonyl (C=O) groups is 1. The first kappa shape index (κ1) is 10.9. The molecule has 0 radical (unpaired) electrons. The fraction of sp³-hybridized carbons (Fsp3) is 0.462. The molecule has 1 atom stereocenters. The molecule has 1 aromatic carbocycles. The van der Waals surface area contributed by atoms with Crippen LogP contribution in [0.3, 0.4) is 0 Å². The number of rotatable bonds is 2. The minimum Gasteiger partial charge on any atom is -0.298 e. The van der Waals surface area contributed by atoms with E-state index in [9.17, 15) is 4.79 Å². The van der Waals surface area contributed by atoms with Gasteiger partial charge in [0.15, 0.2) is 0 Å². The van der Waals surface area contributed by atoms with Gasteiger partial charge in [-0.15, -0.1) is 0 Å². The lowest BCUT2D eigenvalue weighted by molar-refractivity contribution is -0.122. The molecule has 0 spiro atoms. The van der Waals surface area contributed by atoms with Crippen molar-refractivity contribution in [2.45, 2.75) is 36.4 Å². The number of benzene rings is 1. The average molecular weight is 267 g/mol. The largest absolute Gasteiger partial charge is 0.298 e. The van der Waals surface area contributed by atoms with E-state index in [0.29, 0.717) is 5.78 Å². The number of hydrogen-bond acceptors (Lipinski definition) is 1. The van der Waals surface area contributed by atoms with E-state index in [-0.39, 0.29) is 4.32 Å². The Labute approximate surface area is 99.0 Å². The van der Waals surface area contributed by atoms with Crippen molar-refractivity contribution in [2.24, 2.45) is 0 Å². The molecule has 1 aromatic rings. The van der Waals surface area contributed by atoms with Crippen molar-refractivity contribution in [3.63, 3.8) is 0 Å². The summed E-state index contributed by atoms with van der Waals surface area (Å²) >= 11 is 3.65. The highest BCUT2D eigenvalue weighted by Crippen LogP contribution is 2.35. The van der Waals surface area contributed by atoms with E-state index < -0.39 is 0 Å². The van der Waals surface area contributed by atoms with Gasteiger partial charge < -0.3 is 0 Å². The third kappa shape index (κ3) is 2.49. The summed E-state index contributed by atoms with van der Waals surface area (Å²) in [6.07, 6.45) is 4.75. The molecule has 1 saturated carbocycles. The van der Waals surface area contributed by atoms with Crippen LogP contribution < -0.4 is 0 Å². The quantitative estimate of drug-likeness (QED) is 0.749. The average Bonchev–Trinajstić information content (AvgIpc) is 2.24. The van der Waals surface area contributed by atoms with Crippen molar-refractivity contribution >= 4 is 21.7 Å². The summed E-state index contributed by atoms with van der Waals surface area (Å²) in [5.74, 6) is 0.373. The van der Waals surface area contributed by atoms with Gasteiger partial charge in [-0.2, -0.15) is 0 Å². The Bertz CT molecular complexity index is 347. The number of halogens is 1. The molecular weight excluding hydrogens is 252 g/mol. The summed E-state index contributed by atoms with van der Waals surface area (Å²) in [7, 11) is 0. The number of ketones is 1. The Balaban J connectivity index is 2.13. The summed E-state index contributed by atoms with van der Waals surface area (Å²) < 4.78 is -0.285. The van der Waals surface area contributed by atoms with E-state index in [4.69, 9.17) is 0 Å². The highest BCUT2D eigenvalue weighted by Gasteiger charge is 2.36. The fourth-order valence-electron chi connectivity index (χ4n) is 2.16. The van der Waals surface area contributed by atoms with Gasteiger partial charge in [-0.05, 0) is 24.8 Å². The Hall–Kier alpha value is -0.630. The predicted octanol–water partition coefficient (Wildman–Crippen LogP) is 3.51. The highest BCUT2D eigenvalue weighted by molar-refractivity contribution is 9.10. The number of alkyl halides is 1. The summed E-state index contributed by atoms with van der Waals surface area (Å²) in [5.41, 5.74) is 1.24. The smallest absolute Gasteiger partial charge is 0.149 e. The zero-order valence-electron chi connectivity index (χ0n) is 8.71. The SMILES string of the molecule is O=C1CCCCC1(Br)Cc1ccccc1. The van der Waals surface area contributed by atoms with Gasteiger partial charge in [-0.3, -0.25) is 4.79 Å². The number of hydrogen-bond donors (Lipinski definition) is 0. The Morgan fingerprint density at radius 2 is 1.93 bits per heavy atom. The van der Waals surface area contributed by atoms with Crippen LogP contribution in [0.4, 0.5) is 0 Å². The third-order valence-corrected chi connectivity index (χ3v) is 4.17. The van der Waals surface area contributed by atoms with Gasteiger partial charge >= 0.3 is 0 Å². The second-order valence-electron chi connectivity index (χ2n) is 4.26. The molecule has 15 heavy (non-hydrogen) atoms. The maximum Gasteiger partial charge on any atom is 0.149 e. The van der Waals surface area contributed by atoms with Crippen LogP contribution in [-0.2, 0) is 11.2 Å². The maximum atomic E-state index is 11.9. The molecule has 0 bridgehead atoms. The monoisotopic (exact) mass is 266 g/mol. The second kappa shape index (κ2) is 4.48. The van der Waals surface area contributed by atoms with E-state index in [1.54, 1.807) is 0 Å². The lowest BCUT2D eigenvalue weighted by Gasteiger charge is -2.30. The van der Waals surface area contributed by atoms with Gasteiger partial charge in [-0.25, -0.2) is 0 Å². The van der Waals surface area contributed by atoms with Crippen molar-refractivity contribution < 1.29 is 4.79 Å². The van der Waals surface area contributed by atoms with Gasteiger partial charge in [0, 0.05) is 6.42 Å². The first-order valence-electron chi connectivity index (χ1n) is 5.47. The molecule has 80 valence electrons. The Morgan fingerprint density at radius 3 is 2.60 bits per heavy atom. The molecule has 0 amide bonds. The first-order chi connectivity index (χ1) is 7.21. The molecule has 0 saturated heterocycles. The van der Waals surface area contributed by atoms with Crippen molar-refractivity contribution in [3.8, 4) is 0 Å². The number of carbonyl (C=O) groups excluding carboxylic acids is 1. The van der Waals surface area contributed by atoms with E-state index in [1.165, 1.54) is 5.56 Å². The van der Waals surface area contributed by atoms with Gasteiger partial charge in [-0.1, -0.05) is 52.7 Å².